The average molecular weight is 187 g/mol. The minimum Gasteiger partial charge on any atom is -0.315 e. The molecule has 0 aliphatic heterocycles. The van der Waals surface area contributed by atoms with Gasteiger partial charge in [0.05, 0.1) is 6.33 Å². The van der Waals surface area contributed by atoms with Crippen LogP contribution in [0.1, 0.15) is 6.92 Å². The van der Waals surface area contributed by atoms with Crippen LogP contribution in [-0.4, -0.2) is 23.9 Å². The molecule has 0 aliphatic rings. The topological polar surface area (TPSA) is 48.0 Å². The lowest BCUT2D eigenvalue weighted by Gasteiger charge is -1.97. The lowest BCUT2D eigenvalue weighted by Crippen LogP contribution is -1.95. The fraction of sp³-hybridized carbons (Fsp3) is 0.222. The van der Waals surface area contributed by atoms with Crippen LogP contribution in [-0.2, 0) is 6.54 Å². The van der Waals surface area contributed by atoms with E-state index in [2.05, 4.69) is 21.9 Å². The molecule has 0 amide bonds. The third kappa shape index (κ3) is 0.810. The number of hydrogen-bond acceptors (Lipinski definition) is 3. The molecule has 0 unspecified atom stereocenters. The van der Waals surface area contributed by atoms with Crippen LogP contribution in [0.15, 0.2) is 25.0 Å². The standard InChI is InChI=1S/C9H9N5/c1-2-13-5-11-7-8-10-3-4-14(8)6-12-9(7)13/h3-6H,2H2,1H3. The van der Waals surface area contributed by atoms with Crippen LogP contribution in [0.5, 0.6) is 0 Å². The molecule has 14 heavy (non-hydrogen) atoms. The Kier molecular flexibility index (Phi) is 1.36. The van der Waals surface area contributed by atoms with Crippen molar-refractivity contribution in [2.45, 2.75) is 13.5 Å². The molecule has 0 saturated carbocycles. The molecule has 0 aliphatic carbocycles. The molecule has 3 aromatic heterocycles. The Morgan fingerprint density at radius 3 is 2.93 bits per heavy atom. The van der Waals surface area contributed by atoms with Crippen LogP contribution in [0, 0.1) is 0 Å². The van der Waals surface area contributed by atoms with Crippen molar-refractivity contribution in [3.05, 3.63) is 25.0 Å². The number of aryl methyl sites for hydroxylation is 1. The first-order valence-corrected chi connectivity index (χ1v) is 4.52. The molecule has 70 valence electrons. The zero-order valence-electron chi connectivity index (χ0n) is 7.75. The van der Waals surface area contributed by atoms with Gasteiger partial charge < -0.3 is 4.57 Å². The van der Waals surface area contributed by atoms with Crippen molar-refractivity contribution in [2.24, 2.45) is 0 Å². The molecule has 0 bridgehead atoms. The summed E-state index contributed by atoms with van der Waals surface area (Å²) in [6.07, 6.45) is 7.18. The average Bonchev–Trinajstić information content (AvgIpc) is 2.82. The van der Waals surface area contributed by atoms with Gasteiger partial charge >= 0.3 is 0 Å². The summed E-state index contributed by atoms with van der Waals surface area (Å²) < 4.78 is 3.87. The zero-order valence-corrected chi connectivity index (χ0v) is 7.75. The molecule has 0 N–H and O–H groups in total. The van der Waals surface area contributed by atoms with Crippen molar-refractivity contribution >= 4 is 16.8 Å². The molecular formula is C9H9N5. The Balaban J connectivity index is 2.52. The quantitative estimate of drug-likeness (QED) is 0.573. The van der Waals surface area contributed by atoms with Crippen LogP contribution in [0.25, 0.3) is 16.8 Å². The lowest BCUT2D eigenvalue weighted by molar-refractivity contribution is 0.776. The minimum absolute atomic E-state index is 0.861. The maximum atomic E-state index is 4.34. The van der Waals surface area contributed by atoms with Crippen LogP contribution >= 0.6 is 0 Å². The predicted octanol–water partition coefficient (Wildman–Crippen LogP) is 1.10. The fourth-order valence-corrected chi connectivity index (χ4v) is 1.61. The van der Waals surface area contributed by atoms with Gasteiger partial charge in [-0.1, -0.05) is 0 Å². The van der Waals surface area contributed by atoms with Crippen LogP contribution < -0.4 is 0 Å². The van der Waals surface area contributed by atoms with Crippen molar-refractivity contribution < 1.29 is 0 Å². The van der Waals surface area contributed by atoms with Gasteiger partial charge in [0.15, 0.2) is 16.8 Å². The highest BCUT2D eigenvalue weighted by Gasteiger charge is 2.07. The Morgan fingerprint density at radius 1 is 1.14 bits per heavy atom. The normalized spacial score (nSPS) is 11.5. The Hall–Kier alpha value is -1.91. The summed E-state index contributed by atoms with van der Waals surface area (Å²) in [5, 5.41) is 0. The third-order valence-corrected chi connectivity index (χ3v) is 2.34. The second kappa shape index (κ2) is 2.54. The summed E-state index contributed by atoms with van der Waals surface area (Å²) in [4.78, 5) is 12.9. The van der Waals surface area contributed by atoms with Gasteiger partial charge in [0.1, 0.15) is 6.33 Å². The molecule has 5 heteroatoms. The van der Waals surface area contributed by atoms with Gasteiger partial charge in [0.2, 0.25) is 0 Å². The van der Waals surface area contributed by atoms with E-state index in [9.17, 15) is 0 Å². The molecule has 0 saturated heterocycles. The summed E-state index contributed by atoms with van der Waals surface area (Å²) in [5.41, 5.74) is 2.62. The SMILES string of the molecule is CCn1cnc2c1ncn1ccnc21. The summed E-state index contributed by atoms with van der Waals surface area (Å²) in [6, 6.07) is 0. The van der Waals surface area contributed by atoms with Crippen LogP contribution in [0.3, 0.4) is 0 Å². The van der Waals surface area contributed by atoms with Gasteiger partial charge in [0, 0.05) is 18.9 Å². The molecule has 0 radical (unpaired) electrons. The number of hydrogen-bond donors (Lipinski definition) is 0. The summed E-state index contributed by atoms with van der Waals surface area (Å²) in [6.45, 7) is 2.94. The molecular weight excluding hydrogens is 178 g/mol. The van der Waals surface area contributed by atoms with E-state index < -0.39 is 0 Å². The van der Waals surface area contributed by atoms with E-state index in [-0.39, 0.29) is 0 Å². The summed E-state index contributed by atoms with van der Waals surface area (Å²) in [5.74, 6) is 0. The van der Waals surface area contributed by atoms with Crippen molar-refractivity contribution in [3.8, 4) is 0 Å². The summed E-state index contributed by atoms with van der Waals surface area (Å²) >= 11 is 0. The molecule has 0 fully saturated rings. The van der Waals surface area contributed by atoms with Crippen molar-refractivity contribution in [1.82, 2.24) is 23.9 Å². The van der Waals surface area contributed by atoms with E-state index in [1.54, 1.807) is 18.9 Å². The molecule has 0 atom stereocenters. The van der Waals surface area contributed by atoms with Crippen molar-refractivity contribution in [3.63, 3.8) is 0 Å². The molecule has 5 nitrogen and oxygen atoms in total. The van der Waals surface area contributed by atoms with Gasteiger partial charge in [-0.15, -0.1) is 0 Å². The van der Waals surface area contributed by atoms with Crippen LogP contribution in [0.4, 0.5) is 0 Å². The van der Waals surface area contributed by atoms with Gasteiger partial charge in [-0.3, -0.25) is 4.40 Å². The Morgan fingerprint density at radius 2 is 2.07 bits per heavy atom. The Labute approximate surface area is 80.0 Å². The number of imidazole rings is 2. The first kappa shape index (κ1) is 7.49. The lowest BCUT2D eigenvalue weighted by atomic mass is 10.5. The number of fused-ring (bicyclic) bond motifs is 3. The molecule has 0 aromatic carbocycles. The number of nitrogens with zero attached hydrogens (tertiary/aromatic N) is 5. The van der Waals surface area contributed by atoms with Gasteiger partial charge in [0.25, 0.3) is 0 Å². The number of aromatic nitrogens is 5. The fourth-order valence-electron chi connectivity index (χ4n) is 1.61. The van der Waals surface area contributed by atoms with E-state index >= 15 is 0 Å². The number of rotatable bonds is 1. The van der Waals surface area contributed by atoms with E-state index in [4.69, 9.17) is 0 Å². The monoisotopic (exact) mass is 187 g/mol. The second-order valence-corrected chi connectivity index (χ2v) is 3.11. The largest absolute Gasteiger partial charge is 0.315 e. The minimum atomic E-state index is 0.861. The van der Waals surface area contributed by atoms with Gasteiger partial charge in [-0.05, 0) is 6.92 Å². The van der Waals surface area contributed by atoms with E-state index in [0.717, 1.165) is 23.4 Å². The molecule has 3 aromatic rings. The maximum Gasteiger partial charge on any atom is 0.167 e. The highest BCUT2D eigenvalue weighted by molar-refractivity contribution is 5.84. The first-order chi connectivity index (χ1) is 6.90. The van der Waals surface area contributed by atoms with E-state index in [0.29, 0.717) is 0 Å². The molecule has 3 heterocycles. The first-order valence-electron chi connectivity index (χ1n) is 4.52. The van der Waals surface area contributed by atoms with Crippen molar-refractivity contribution in [2.75, 3.05) is 0 Å². The second-order valence-electron chi connectivity index (χ2n) is 3.11. The van der Waals surface area contributed by atoms with Crippen LogP contribution in [0.2, 0.25) is 0 Å². The predicted molar refractivity (Wildman–Crippen MR) is 52.0 cm³/mol. The zero-order chi connectivity index (χ0) is 9.54. The van der Waals surface area contributed by atoms with E-state index in [1.165, 1.54) is 0 Å². The highest BCUT2D eigenvalue weighted by atomic mass is 15.1. The van der Waals surface area contributed by atoms with E-state index in [1.807, 2.05) is 15.2 Å². The smallest absolute Gasteiger partial charge is 0.167 e. The molecule has 3 rings (SSSR count). The summed E-state index contributed by atoms with van der Waals surface area (Å²) in [7, 11) is 0. The van der Waals surface area contributed by atoms with Gasteiger partial charge in [-0.2, -0.15) is 0 Å². The highest BCUT2D eigenvalue weighted by Crippen LogP contribution is 2.14. The van der Waals surface area contributed by atoms with Crippen molar-refractivity contribution in [1.29, 1.82) is 0 Å². The maximum absolute atomic E-state index is 4.34. The third-order valence-electron chi connectivity index (χ3n) is 2.34. The Bertz CT molecular complexity index is 591. The molecule has 0 spiro atoms. The van der Waals surface area contributed by atoms with Gasteiger partial charge in [-0.25, -0.2) is 15.0 Å².